The van der Waals surface area contributed by atoms with Gasteiger partial charge in [0.25, 0.3) is 0 Å². The molecule has 6 heteroatoms. The van der Waals surface area contributed by atoms with Gasteiger partial charge in [-0.3, -0.25) is 4.79 Å². The molecule has 0 atom stereocenters. The quantitative estimate of drug-likeness (QED) is 0.861. The van der Waals surface area contributed by atoms with Crippen LogP contribution >= 0.6 is 23.3 Å². The number of amides is 1. The van der Waals surface area contributed by atoms with E-state index in [4.69, 9.17) is 5.26 Å². The van der Waals surface area contributed by atoms with Gasteiger partial charge in [-0.15, -0.1) is 11.8 Å². The van der Waals surface area contributed by atoms with Gasteiger partial charge in [0.2, 0.25) is 5.91 Å². The summed E-state index contributed by atoms with van der Waals surface area (Å²) in [6.45, 7) is 0. The molecule has 0 unspecified atom stereocenters. The fourth-order valence-corrected chi connectivity index (χ4v) is 2.41. The fourth-order valence-electron chi connectivity index (χ4n) is 1.34. The number of anilines is 1. The van der Waals surface area contributed by atoms with Gasteiger partial charge in [0.15, 0.2) is 0 Å². The molecule has 0 saturated carbocycles. The van der Waals surface area contributed by atoms with Crippen molar-refractivity contribution >= 4 is 45.0 Å². The zero-order valence-corrected chi connectivity index (χ0v) is 10.5. The molecule has 0 saturated heterocycles. The first kappa shape index (κ1) is 11.9. The van der Waals surface area contributed by atoms with Crippen molar-refractivity contribution in [2.75, 3.05) is 16.8 Å². The van der Waals surface area contributed by atoms with Crippen molar-refractivity contribution in [3.8, 4) is 6.07 Å². The van der Waals surface area contributed by atoms with Gasteiger partial charge in [0.05, 0.1) is 22.3 Å². The number of rotatable bonds is 4. The second-order valence-corrected chi connectivity index (χ2v) is 5.10. The Bertz CT molecular complexity index is 573. The van der Waals surface area contributed by atoms with Gasteiger partial charge in [0, 0.05) is 17.3 Å². The van der Waals surface area contributed by atoms with Gasteiger partial charge in [0.1, 0.15) is 0 Å². The molecule has 0 aliphatic rings. The van der Waals surface area contributed by atoms with Crippen LogP contribution in [0.1, 0.15) is 0 Å². The highest BCUT2D eigenvalue weighted by atomic mass is 32.2. The van der Waals surface area contributed by atoms with Crippen LogP contribution in [0.15, 0.2) is 24.4 Å². The maximum Gasteiger partial charge on any atom is 0.234 e. The summed E-state index contributed by atoms with van der Waals surface area (Å²) < 4.78 is 5.17. The van der Waals surface area contributed by atoms with E-state index in [-0.39, 0.29) is 5.91 Å². The zero-order chi connectivity index (χ0) is 12.1. The Kier molecular flexibility index (Phi) is 3.96. The number of aromatic nitrogens is 1. The molecule has 1 heterocycles. The summed E-state index contributed by atoms with van der Waals surface area (Å²) >= 11 is 2.73. The average molecular weight is 263 g/mol. The maximum absolute atomic E-state index is 11.5. The van der Waals surface area contributed by atoms with E-state index in [0.29, 0.717) is 11.5 Å². The molecule has 86 valence electrons. The number of nitrogens with one attached hydrogen (secondary N) is 1. The van der Waals surface area contributed by atoms with Crippen LogP contribution in [0.4, 0.5) is 5.69 Å². The van der Waals surface area contributed by atoms with E-state index in [1.54, 1.807) is 6.20 Å². The van der Waals surface area contributed by atoms with E-state index in [2.05, 4.69) is 9.69 Å². The summed E-state index contributed by atoms with van der Waals surface area (Å²) in [5.74, 6) is 0.543. The molecule has 4 nitrogen and oxygen atoms in total. The minimum absolute atomic E-state index is 0.0900. The molecule has 0 fully saturated rings. The number of hydrogen-bond acceptors (Lipinski definition) is 5. The highest BCUT2D eigenvalue weighted by Gasteiger charge is 2.03. The molecule has 0 radical (unpaired) electrons. The van der Waals surface area contributed by atoms with Crippen molar-refractivity contribution in [3.63, 3.8) is 0 Å². The highest BCUT2D eigenvalue weighted by Crippen LogP contribution is 2.21. The molecule has 0 spiro atoms. The van der Waals surface area contributed by atoms with Crippen molar-refractivity contribution in [2.45, 2.75) is 0 Å². The van der Waals surface area contributed by atoms with E-state index >= 15 is 0 Å². The minimum atomic E-state index is -0.0900. The van der Waals surface area contributed by atoms with Crippen LogP contribution in [0.5, 0.6) is 0 Å². The SMILES string of the molecule is N#CCSCC(=O)Nc1ccc2sncc2c1. The summed E-state index contributed by atoms with van der Waals surface area (Å²) in [6.07, 6.45) is 1.78. The first-order valence-electron chi connectivity index (χ1n) is 4.88. The van der Waals surface area contributed by atoms with Gasteiger partial charge in [-0.2, -0.15) is 9.64 Å². The first-order chi connectivity index (χ1) is 8.29. The fraction of sp³-hybridized carbons (Fsp3) is 0.182. The van der Waals surface area contributed by atoms with E-state index < -0.39 is 0 Å². The molecule has 0 aliphatic heterocycles. The zero-order valence-electron chi connectivity index (χ0n) is 8.84. The van der Waals surface area contributed by atoms with Crippen LogP contribution in [-0.2, 0) is 4.79 Å². The largest absolute Gasteiger partial charge is 0.325 e. The second-order valence-electron chi connectivity index (χ2n) is 3.28. The summed E-state index contributed by atoms with van der Waals surface area (Å²) in [5, 5.41) is 12.2. The number of nitriles is 1. The van der Waals surface area contributed by atoms with E-state index in [1.165, 1.54) is 23.3 Å². The lowest BCUT2D eigenvalue weighted by Gasteiger charge is -2.03. The highest BCUT2D eigenvalue weighted by molar-refractivity contribution is 8.00. The number of hydrogen-bond donors (Lipinski definition) is 1. The number of fused-ring (bicyclic) bond motifs is 1. The third-order valence-corrected chi connectivity index (χ3v) is 3.61. The lowest BCUT2D eigenvalue weighted by Crippen LogP contribution is -2.14. The molecular formula is C11H9N3OS2. The minimum Gasteiger partial charge on any atom is -0.325 e. The van der Waals surface area contributed by atoms with E-state index in [0.717, 1.165) is 15.8 Å². The number of nitrogens with zero attached hydrogens (tertiary/aromatic N) is 2. The van der Waals surface area contributed by atoms with Crippen LogP contribution in [0.25, 0.3) is 10.1 Å². The maximum atomic E-state index is 11.5. The molecule has 1 amide bonds. The molecule has 1 aromatic heterocycles. The lowest BCUT2D eigenvalue weighted by atomic mass is 10.2. The van der Waals surface area contributed by atoms with Gasteiger partial charge in [-0.05, 0) is 29.7 Å². The Morgan fingerprint density at radius 2 is 2.47 bits per heavy atom. The van der Waals surface area contributed by atoms with Gasteiger partial charge in [-0.25, -0.2) is 0 Å². The summed E-state index contributed by atoms with van der Waals surface area (Å²) in [6, 6.07) is 7.67. The smallest absolute Gasteiger partial charge is 0.234 e. The van der Waals surface area contributed by atoms with Crippen LogP contribution in [0.2, 0.25) is 0 Å². The normalized spacial score (nSPS) is 10.1. The molecule has 1 aromatic carbocycles. The summed E-state index contributed by atoms with van der Waals surface area (Å²) in [4.78, 5) is 11.5. The van der Waals surface area contributed by atoms with E-state index in [1.807, 2.05) is 24.3 Å². The Morgan fingerprint density at radius 3 is 3.29 bits per heavy atom. The molecule has 2 rings (SSSR count). The third-order valence-electron chi connectivity index (χ3n) is 2.04. The van der Waals surface area contributed by atoms with Crippen molar-refractivity contribution < 1.29 is 4.79 Å². The van der Waals surface area contributed by atoms with Gasteiger partial charge in [-0.1, -0.05) is 0 Å². The van der Waals surface area contributed by atoms with Crippen molar-refractivity contribution in [1.82, 2.24) is 4.37 Å². The van der Waals surface area contributed by atoms with Crippen molar-refractivity contribution in [2.24, 2.45) is 0 Å². The standard InChI is InChI=1S/C11H9N3OS2/c12-3-4-16-7-11(15)14-9-1-2-10-8(5-9)6-13-17-10/h1-2,5-6H,4,7H2,(H,14,15). The Labute approximate surface area is 107 Å². The summed E-state index contributed by atoms with van der Waals surface area (Å²) in [5.41, 5.74) is 0.764. The Morgan fingerprint density at radius 1 is 1.59 bits per heavy atom. The molecule has 0 bridgehead atoms. The molecular weight excluding hydrogens is 254 g/mol. The number of carbonyl (C=O) groups excluding carboxylic acids is 1. The number of thioether (sulfide) groups is 1. The van der Waals surface area contributed by atoms with Crippen molar-refractivity contribution in [1.29, 1.82) is 5.26 Å². The van der Waals surface area contributed by atoms with Crippen LogP contribution in [-0.4, -0.2) is 21.8 Å². The van der Waals surface area contributed by atoms with Crippen LogP contribution in [0, 0.1) is 11.3 Å². The van der Waals surface area contributed by atoms with Crippen LogP contribution < -0.4 is 5.32 Å². The predicted octanol–water partition coefficient (Wildman–Crippen LogP) is 2.49. The predicted molar refractivity (Wildman–Crippen MR) is 71.2 cm³/mol. The van der Waals surface area contributed by atoms with Gasteiger partial charge >= 0.3 is 0 Å². The molecule has 0 aliphatic carbocycles. The van der Waals surface area contributed by atoms with Crippen molar-refractivity contribution in [3.05, 3.63) is 24.4 Å². The van der Waals surface area contributed by atoms with E-state index in [9.17, 15) is 4.79 Å². The molecule has 17 heavy (non-hydrogen) atoms. The monoisotopic (exact) mass is 263 g/mol. The third kappa shape index (κ3) is 3.19. The topological polar surface area (TPSA) is 65.8 Å². The average Bonchev–Trinajstić information content (AvgIpc) is 2.76. The number of carbonyl (C=O) groups is 1. The second kappa shape index (κ2) is 5.66. The van der Waals surface area contributed by atoms with Gasteiger partial charge < -0.3 is 5.32 Å². The Hall–Kier alpha value is -1.58. The number of benzene rings is 1. The molecule has 1 N–H and O–H groups in total. The molecule has 2 aromatic rings. The lowest BCUT2D eigenvalue weighted by molar-refractivity contribution is -0.113. The van der Waals surface area contributed by atoms with Crippen LogP contribution in [0.3, 0.4) is 0 Å². The Balaban J connectivity index is 1.98. The first-order valence-corrected chi connectivity index (χ1v) is 6.81. The summed E-state index contributed by atoms with van der Waals surface area (Å²) in [7, 11) is 0.